The molecular weight excluding hydrogens is 278 g/mol. The van der Waals surface area contributed by atoms with Crippen LogP contribution >= 0.6 is 11.3 Å². The molecule has 3 heteroatoms. The number of nitrogens with one attached hydrogen (secondary N) is 1. The molecule has 110 valence electrons. The minimum Gasteiger partial charge on any atom is -0.372 e. The molecule has 0 fully saturated rings. The second kappa shape index (κ2) is 5.91. The summed E-state index contributed by atoms with van der Waals surface area (Å²) in [6, 6.07) is 11.1. The van der Waals surface area contributed by atoms with Crippen LogP contribution in [0.2, 0.25) is 0 Å². The molecule has 2 heterocycles. The lowest BCUT2D eigenvalue weighted by Crippen LogP contribution is -2.27. The maximum absolute atomic E-state index is 5.94. The van der Waals surface area contributed by atoms with Crippen LogP contribution in [0.15, 0.2) is 30.3 Å². The van der Waals surface area contributed by atoms with Crippen LogP contribution in [0.5, 0.6) is 0 Å². The molecule has 1 aromatic heterocycles. The minimum absolute atomic E-state index is 0.210. The van der Waals surface area contributed by atoms with Gasteiger partial charge in [-0.05, 0) is 48.4 Å². The molecule has 0 saturated heterocycles. The Morgan fingerprint density at radius 1 is 1.14 bits per heavy atom. The van der Waals surface area contributed by atoms with Gasteiger partial charge in [-0.25, -0.2) is 0 Å². The van der Waals surface area contributed by atoms with E-state index in [0.29, 0.717) is 0 Å². The van der Waals surface area contributed by atoms with Crippen LogP contribution in [0.1, 0.15) is 39.0 Å². The molecule has 1 aromatic carbocycles. The zero-order chi connectivity index (χ0) is 14.1. The lowest BCUT2D eigenvalue weighted by atomic mass is 9.97. The van der Waals surface area contributed by atoms with Crippen molar-refractivity contribution in [1.82, 2.24) is 5.32 Å². The zero-order valence-corrected chi connectivity index (χ0v) is 13.0. The number of fused-ring (bicyclic) bond motifs is 2. The first-order valence-corrected chi connectivity index (χ1v) is 8.72. The molecule has 1 unspecified atom stereocenters. The maximum atomic E-state index is 5.94. The van der Waals surface area contributed by atoms with Crippen molar-refractivity contribution in [3.8, 4) is 0 Å². The Morgan fingerprint density at radius 2 is 2.10 bits per heavy atom. The fourth-order valence-electron chi connectivity index (χ4n) is 3.45. The van der Waals surface area contributed by atoms with E-state index >= 15 is 0 Å². The summed E-state index contributed by atoms with van der Waals surface area (Å²) in [7, 11) is 0. The Hall–Kier alpha value is -1.16. The summed E-state index contributed by atoms with van der Waals surface area (Å²) in [6.45, 7) is 2.72. The molecule has 2 aromatic rings. The van der Waals surface area contributed by atoms with Gasteiger partial charge in [0.1, 0.15) is 0 Å². The van der Waals surface area contributed by atoms with E-state index in [1.807, 2.05) is 11.3 Å². The second-order valence-corrected chi connectivity index (χ2v) is 7.18. The van der Waals surface area contributed by atoms with Crippen molar-refractivity contribution < 1.29 is 4.74 Å². The summed E-state index contributed by atoms with van der Waals surface area (Å²) in [5, 5.41) is 3.59. The average Bonchev–Trinajstić information content (AvgIpc) is 3.09. The van der Waals surface area contributed by atoms with Crippen LogP contribution in [0.25, 0.3) is 0 Å². The van der Waals surface area contributed by atoms with Gasteiger partial charge in [-0.3, -0.25) is 0 Å². The molecule has 2 nitrogen and oxygen atoms in total. The normalized spacial score (nSPS) is 20.3. The van der Waals surface area contributed by atoms with E-state index in [2.05, 4.69) is 35.6 Å². The summed E-state index contributed by atoms with van der Waals surface area (Å²) in [6.07, 6.45) is 5.18. The predicted molar refractivity (Wildman–Crippen MR) is 86.9 cm³/mol. The van der Waals surface area contributed by atoms with Gasteiger partial charge in [0.2, 0.25) is 0 Å². The summed E-state index contributed by atoms with van der Waals surface area (Å²) < 4.78 is 5.94. The highest BCUT2D eigenvalue weighted by Crippen LogP contribution is 2.31. The molecule has 0 spiro atoms. The molecular formula is C18H21NOS. The molecule has 21 heavy (non-hydrogen) atoms. The van der Waals surface area contributed by atoms with E-state index in [4.69, 9.17) is 4.74 Å². The van der Waals surface area contributed by atoms with Gasteiger partial charge in [0.25, 0.3) is 0 Å². The van der Waals surface area contributed by atoms with Crippen LogP contribution < -0.4 is 5.32 Å². The highest BCUT2D eigenvalue weighted by atomic mass is 32.1. The third-order valence-electron chi connectivity index (χ3n) is 4.52. The smallest absolute Gasteiger partial charge is 0.0952 e. The van der Waals surface area contributed by atoms with Crippen LogP contribution in [0.4, 0.5) is 0 Å². The first kappa shape index (κ1) is 13.5. The van der Waals surface area contributed by atoms with Gasteiger partial charge in [0.05, 0.1) is 12.7 Å². The second-order valence-electron chi connectivity index (χ2n) is 5.95. The third kappa shape index (κ3) is 2.78. The Bertz CT molecular complexity index is 612. The standard InChI is InChI=1S/C18H21NOS/c1-2-6-16-13(4-1)8-9-20-17(16)12-19-11-15-10-14-5-3-7-18(14)21-15/h1-2,4,6,10,17,19H,3,5,7-9,11-12H2. The molecule has 1 atom stereocenters. The number of benzene rings is 1. The minimum atomic E-state index is 0.210. The Labute approximate surface area is 130 Å². The van der Waals surface area contributed by atoms with Gasteiger partial charge in [-0.2, -0.15) is 0 Å². The van der Waals surface area contributed by atoms with Crippen LogP contribution in [-0.4, -0.2) is 13.2 Å². The number of hydrogen-bond acceptors (Lipinski definition) is 3. The number of thiophene rings is 1. The molecule has 0 radical (unpaired) electrons. The molecule has 0 amide bonds. The van der Waals surface area contributed by atoms with E-state index in [0.717, 1.165) is 26.1 Å². The van der Waals surface area contributed by atoms with Crippen molar-refractivity contribution in [1.29, 1.82) is 0 Å². The van der Waals surface area contributed by atoms with Gasteiger partial charge < -0.3 is 10.1 Å². The molecule has 1 aliphatic carbocycles. The Kier molecular flexibility index (Phi) is 3.80. The van der Waals surface area contributed by atoms with Crippen molar-refractivity contribution in [2.75, 3.05) is 13.2 Å². The van der Waals surface area contributed by atoms with Crippen molar-refractivity contribution in [3.63, 3.8) is 0 Å². The molecule has 0 bridgehead atoms. The van der Waals surface area contributed by atoms with Gasteiger partial charge >= 0.3 is 0 Å². The van der Waals surface area contributed by atoms with Gasteiger partial charge in [-0.15, -0.1) is 11.3 Å². The van der Waals surface area contributed by atoms with Crippen molar-refractivity contribution in [2.45, 2.75) is 38.3 Å². The summed E-state index contributed by atoms with van der Waals surface area (Å²) in [5.74, 6) is 0. The molecule has 1 aliphatic heterocycles. The lowest BCUT2D eigenvalue weighted by Gasteiger charge is -2.26. The maximum Gasteiger partial charge on any atom is 0.0952 e. The summed E-state index contributed by atoms with van der Waals surface area (Å²) >= 11 is 1.99. The van der Waals surface area contributed by atoms with Crippen molar-refractivity contribution >= 4 is 11.3 Å². The molecule has 4 rings (SSSR count). The fourth-order valence-corrected chi connectivity index (χ4v) is 4.68. The van der Waals surface area contributed by atoms with E-state index in [9.17, 15) is 0 Å². The quantitative estimate of drug-likeness (QED) is 0.930. The zero-order valence-electron chi connectivity index (χ0n) is 12.2. The largest absolute Gasteiger partial charge is 0.372 e. The van der Waals surface area contributed by atoms with Crippen LogP contribution in [0, 0.1) is 0 Å². The number of aryl methyl sites for hydroxylation is 2. The molecule has 2 aliphatic rings. The number of rotatable bonds is 4. The number of hydrogen-bond donors (Lipinski definition) is 1. The lowest BCUT2D eigenvalue weighted by molar-refractivity contribution is 0.0424. The highest BCUT2D eigenvalue weighted by Gasteiger charge is 2.20. The molecule has 0 saturated carbocycles. The third-order valence-corrected chi connectivity index (χ3v) is 5.76. The van der Waals surface area contributed by atoms with E-state index < -0.39 is 0 Å². The van der Waals surface area contributed by atoms with Crippen molar-refractivity contribution in [3.05, 3.63) is 56.8 Å². The Morgan fingerprint density at radius 3 is 3.05 bits per heavy atom. The van der Waals surface area contributed by atoms with Gasteiger partial charge in [0, 0.05) is 22.8 Å². The first-order valence-electron chi connectivity index (χ1n) is 7.91. The average molecular weight is 299 g/mol. The van der Waals surface area contributed by atoms with Gasteiger partial charge in [0.15, 0.2) is 0 Å². The fraction of sp³-hybridized carbons (Fsp3) is 0.444. The predicted octanol–water partition coefficient (Wildman–Crippen LogP) is 3.64. The summed E-state index contributed by atoms with van der Waals surface area (Å²) in [4.78, 5) is 3.09. The van der Waals surface area contributed by atoms with Crippen LogP contribution in [-0.2, 0) is 30.5 Å². The first-order chi connectivity index (χ1) is 10.4. The Balaban J connectivity index is 1.37. The van der Waals surface area contributed by atoms with E-state index in [1.165, 1.54) is 35.3 Å². The number of ether oxygens (including phenoxy) is 1. The SMILES string of the molecule is c1ccc2c(c1)CCOC2CNCc1cc2c(s1)CCC2. The monoisotopic (exact) mass is 299 g/mol. The van der Waals surface area contributed by atoms with Crippen molar-refractivity contribution in [2.24, 2.45) is 0 Å². The summed E-state index contributed by atoms with van der Waals surface area (Å²) in [5.41, 5.74) is 4.41. The van der Waals surface area contributed by atoms with E-state index in [1.54, 1.807) is 10.4 Å². The molecule has 1 N–H and O–H groups in total. The van der Waals surface area contributed by atoms with Crippen LogP contribution in [0.3, 0.4) is 0 Å². The highest BCUT2D eigenvalue weighted by molar-refractivity contribution is 7.12. The van der Waals surface area contributed by atoms with Gasteiger partial charge in [-0.1, -0.05) is 24.3 Å². The van der Waals surface area contributed by atoms with E-state index in [-0.39, 0.29) is 6.10 Å². The topological polar surface area (TPSA) is 21.3 Å².